The predicted molar refractivity (Wildman–Crippen MR) is 87.2 cm³/mol. The molecule has 0 saturated carbocycles. The van der Waals surface area contributed by atoms with Gasteiger partial charge in [-0.25, -0.2) is 0 Å². The zero-order valence-corrected chi connectivity index (χ0v) is 14.9. The van der Waals surface area contributed by atoms with Crippen molar-refractivity contribution in [1.29, 1.82) is 0 Å². The number of halogens is 2. The smallest absolute Gasteiger partial charge is 0.307 e. The molecule has 1 aromatic rings. The molecule has 2 unspecified atom stereocenters. The average molecular weight is 358 g/mol. The number of rotatable bonds is 6. The van der Waals surface area contributed by atoms with Gasteiger partial charge >= 0.3 is 5.97 Å². The highest BCUT2D eigenvalue weighted by Gasteiger charge is 2.45. The lowest BCUT2D eigenvalue weighted by Crippen LogP contribution is -3.18. The molecule has 2 aliphatic heterocycles. The summed E-state index contributed by atoms with van der Waals surface area (Å²) >= 11 is 5.60. The molecule has 1 aromatic carbocycles. The highest BCUT2D eigenvalue weighted by molar-refractivity contribution is 6.18. The first-order chi connectivity index (χ1) is 10.8. The number of quaternary nitrogens is 1. The molecule has 5 heteroatoms. The monoisotopic (exact) mass is 357 g/mol. The van der Waals surface area contributed by atoms with Gasteiger partial charge in [-0.3, -0.25) is 4.79 Å². The van der Waals surface area contributed by atoms with Crippen LogP contribution >= 0.6 is 11.6 Å². The molecule has 0 aliphatic carbocycles. The summed E-state index contributed by atoms with van der Waals surface area (Å²) in [6.07, 6.45) is 6.19. The minimum Gasteiger partial charge on any atom is -1.00 e. The summed E-state index contributed by atoms with van der Waals surface area (Å²) in [4.78, 5) is 13.4. The molecule has 0 amide bonds. The largest absolute Gasteiger partial charge is 1.00 e. The van der Waals surface area contributed by atoms with E-state index in [4.69, 9.17) is 16.3 Å². The molecular weight excluding hydrogens is 333 g/mol. The van der Waals surface area contributed by atoms with Gasteiger partial charge in [0.1, 0.15) is 6.10 Å². The van der Waals surface area contributed by atoms with Crippen molar-refractivity contribution < 1.29 is 26.8 Å². The van der Waals surface area contributed by atoms with Gasteiger partial charge in [-0.2, -0.15) is 0 Å². The number of piperidine rings is 1. The molecule has 3 rings (SSSR count). The quantitative estimate of drug-likeness (QED) is 0.522. The Kier molecular flexibility index (Phi) is 7.19. The minimum atomic E-state index is -0.132. The summed E-state index contributed by atoms with van der Waals surface area (Å²) in [6, 6.07) is 12.0. The van der Waals surface area contributed by atoms with Crippen LogP contribution in [0.4, 0.5) is 0 Å². The standard InChI is InChI=1S/C18H24ClNO2.ClH/c19-10-8-18(21)22-17-12-15-6-7-16(13-17)20(15)11-9-14-4-2-1-3-5-14;/h1-5,15-17H,6-13H2;1H. The number of ether oxygens (including phenoxy) is 1. The SMILES string of the molecule is O=C(CCCl)OC1CC2CCC(C1)[NH+]2CCc1ccccc1.[Cl-]. The van der Waals surface area contributed by atoms with Gasteiger partial charge < -0.3 is 22.0 Å². The van der Waals surface area contributed by atoms with E-state index in [1.165, 1.54) is 24.9 Å². The number of benzene rings is 1. The Labute approximate surface area is 149 Å². The van der Waals surface area contributed by atoms with Crippen molar-refractivity contribution in [3.05, 3.63) is 35.9 Å². The van der Waals surface area contributed by atoms with Gasteiger partial charge in [0, 0.05) is 38.0 Å². The fourth-order valence-electron chi connectivity index (χ4n) is 4.14. The molecule has 23 heavy (non-hydrogen) atoms. The topological polar surface area (TPSA) is 30.7 Å². The van der Waals surface area contributed by atoms with E-state index in [1.807, 2.05) is 0 Å². The third-order valence-corrected chi connectivity index (χ3v) is 5.34. The van der Waals surface area contributed by atoms with Crippen molar-refractivity contribution in [2.45, 2.75) is 56.7 Å². The zero-order chi connectivity index (χ0) is 15.4. The molecule has 0 aromatic heterocycles. The third-order valence-electron chi connectivity index (χ3n) is 5.15. The lowest BCUT2D eigenvalue weighted by molar-refractivity contribution is -0.942. The number of nitrogens with one attached hydrogen (secondary N) is 1. The van der Waals surface area contributed by atoms with E-state index in [9.17, 15) is 4.79 Å². The summed E-state index contributed by atoms with van der Waals surface area (Å²) in [7, 11) is 0. The first-order valence-electron chi connectivity index (χ1n) is 8.41. The molecule has 3 nitrogen and oxygen atoms in total. The van der Waals surface area contributed by atoms with Crippen molar-refractivity contribution in [3.8, 4) is 0 Å². The summed E-state index contributed by atoms with van der Waals surface area (Å²) in [5.41, 5.74) is 1.42. The van der Waals surface area contributed by atoms with Crippen LogP contribution in [0, 0.1) is 0 Å². The molecule has 128 valence electrons. The first kappa shape index (κ1) is 18.6. The lowest BCUT2D eigenvalue weighted by Gasteiger charge is -2.35. The second-order valence-corrected chi connectivity index (χ2v) is 6.93. The minimum absolute atomic E-state index is 0. The van der Waals surface area contributed by atoms with Crippen LogP contribution in [0.2, 0.25) is 0 Å². The van der Waals surface area contributed by atoms with Crippen LogP contribution in [0.5, 0.6) is 0 Å². The van der Waals surface area contributed by atoms with Gasteiger partial charge in [0.15, 0.2) is 0 Å². The number of esters is 1. The van der Waals surface area contributed by atoms with Gasteiger partial charge in [0.2, 0.25) is 0 Å². The summed E-state index contributed by atoms with van der Waals surface area (Å²) in [5.74, 6) is 0.222. The van der Waals surface area contributed by atoms with Crippen LogP contribution < -0.4 is 17.3 Å². The van der Waals surface area contributed by atoms with Crippen molar-refractivity contribution >= 4 is 17.6 Å². The zero-order valence-electron chi connectivity index (χ0n) is 13.3. The van der Waals surface area contributed by atoms with Crippen LogP contribution in [0.25, 0.3) is 0 Å². The Morgan fingerprint density at radius 3 is 2.43 bits per heavy atom. The summed E-state index contributed by atoms with van der Waals surface area (Å²) in [5, 5.41) is 0. The maximum absolute atomic E-state index is 11.6. The van der Waals surface area contributed by atoms with E-state index in [0.717, 1.165) is 19.3 Å². The molecule has 1 N–H and O–H groups in total. The van der Waals surface area contributed by atoms with Crippen molar-refractivity contribution in [2.75, 3.05) is 12.4 Å². The number of alkyl halides is 1. The maximum atomic E-state index is 11.6. The van der Waals surface area contributed by atoms with Crippen molar-refractivity contribution in [2.24, 2.45) is 0 Å². The fraction of sp³-hybridized carbons (Fsp3) is 0.611. The lowest BCUT2D eigenvalue weighted by atomic mass is 9.98. The van der Waals surface area contributed by atoms with Gasteiger partial charge in [-0.15, -0.1) is 11.6 Å². The molecule has 0 radical (unpaired) electrons. The molecular formula is C18H25Cl2NO2. The Hall–Kier alpha value is -0.770. The van der Waals surface area contributed by atoms with E-state index in [0.29, 0.717) is 24.4 Å². The maximum Gasteiger partial charge on any atom is 0.307 e. The van der Waals surface area contributed by atoms with Gasteiger partial charge in [-0.05, 0) is 5.56 Å². The Bertz CT molecular complexity index is 483. The second kappa shape index (κ2) is 8.91. The Balaban J connectivity index is 0.00000192. The predicted octanol–water partition coefficient (Wildman–Crippen LogP) is -1.02. The second-order valence-electron chi connectivity index (χ2n) is 6.55. The van der Waals surface area contributed by atoms with E-state index in [-0.39, 0.29) is 24.5 Å². The van der Waals surface area contributed by atoms with Crippen LogP contribution in [0.15, 0.2) is 30.3 Å². The van der Waals surface area contributed by atoms with Crippen LogP contribution in [0.1, 0.15) is 37.7 Å². The third kappa shape index (κ3) is 4.85. The average Bonchev–Trinajstić information content (AvgIpc) is 2.76. The van der Waals surface area contributed by atoms with Crippen molar-refractivity contribution in [1.82, 2.24) is 0 Å². The highest BCUT2D eigenvalue weighted by Crippen LogP contribution is 2.25. The van der Waals surface area contributed by atoms with Crippen LogP contribution in [-0.4, -0.2) is 36.6 Å². The number of carbonyl (C=O) groups excluding carboxylic acids is 1. The molecule has 2 aliphatic rings. The summed E-state index contributed by atoms with van der Waals surface area (Å²) in [6.45, 7) is 1.20. The first-order valence-corrected chi connectivity index (χ1v) is 8.94. The molecule has 2 fully saturated rings. The molecule has 2 bridgehead atoms. The van der Waals surface area contributed by atoms with Crippen LogP contribution in [0.3, 0.4) is 0 Å². The molecule has 2 saturated heterocycles. The van der Waals surface area contributed by atoms with E-state index >= 15 is 0 Å². The van der Waals surface area contributed by atoms with Gasteiger partial charge in [0.05, 0.1) is 25.0 Å². The Morgan fingerprint density at radius 2 is 1.83 bits per heavy atom. The number of hydrogen-bond donors (Lipinski definition) is 1. The van der Waals surface area contributed by atoms with E-state index in [2.05, 4.69) is 30.3 Å². The normalized spacial score (nSPS) is 28.9. The van der Waals surface area contributed by atoms with E-state index < -0.39 is 0 Å². The molecule has 2 heterocycles. The van der Waals surface area contributed by atoms with E-state index in [1.54, 1.807) is 4.90 Å². The summed E-state index contributed by atoms with van der Waals surface area (Å²) < 4.78 is 5.59. The van der Waals surface area contributed by atoms with Crippen LogP contribution in [-0.2, 0) is 16.0 Å². The molecule has 0 spiro atoms. The number of hydrogen-bond acceptors (Lipinski definition) is 2. The van der Waals surface area contributed by atoms with Crippen molar-refractivity contribution in [3.63, 3.8) is 0 Å². The van der Waals surface area contributed by atoms with Gasteiger partial charge in [0.25, 0.3) is 0 Å². The number of fused-ring (bicyclic) bond motifs is 2. The Morgan fingerprint density at radius 1 is 1.17 bits per heavy atom. The van der Waals surface area contributed by atoms with Gasteiger partial charge in [-0.1, -0.05) is 30.3 Å². The number of carbonyl (C=O) groups is 1. The molecule has 2 atom stereocenters. The fourth-order valence-corrected chi connectivity index (χ4v) is 4.29. The highest BCUT2D eigenvalue weighted by atomic mass is 35.5.